The number of nitrogens with zero attached hydrogens (tertiary/aromatic N) is 1. The van der Waals surface area contributed by atoms with Gasteiger partial charge in [-0.15, -0.1) is 11.6 Å². The maximum absolute atomic E-state index is 10.4. The molecule has 0 saturated carbocycles. The monoisotopic (exact) mass is 124 g/mol. The van der Waals surface area contributed by atoms with Crippen LogP contribution in [0.4, 0.5) is 4.79 Å². The summed E-state index contributed by atoms with van der Waals surface area (Å²) in [6, 6.07) is -0.440. The fourth-order valence-corrected chi connectivity index (χ4v) is 0.271. The number of rotatable bonds is 2. The lowest BCUT2D eigenvalue weighted by Gasteiger charge is -1.90. The van der Waals surface area contributed by atoms with Gasteiger partial charge >= 0.3 is 6.03 Å². The van der Waals surface area contributed by atoms with E-state index in [2.05, 4.69) is 29.3 Å². The first-order valence-corrected chi connectivity index (χ1v) is 2.42. The maximum Gasteiger partial charge on any atom is 0.349 e. The van der Waals surface area contributed by atoms with Crippen LogP contribution in [0.5, 0.6) is 0 Å². The Balaban J connectivity index is 3.50. The van der Waals surface area contributed by atoms with Gasteiger partial charge in [0.15, 0.2) is 0 Å². The quantitative estimate of drug-likeness (QED) is 0.428. The largest absolute Gasteiger partial charge is 0.349 e. The minimum absolute atomic E-state index is 0.421. The van der Waals surface area contributed by atoms with Crippen molar-refractivity contribution in [3.05, 3.63) is 19.2 Å². The van der Waals surface area contributed by atoms with E-state index < -0.39 is 6.03 Å². The van der Waals surface area contributed by atoms with Crippen LogP contribution in [0.1, 0.15) is 0 Å². The zero-order chi connectivity index (χ0) is 7.11. The van der Waals surface area contributed by atoms with E-state index in [4.69, 9.17) is 0 Å². The second kappa shape index (κ2) is 4.81. The van der Waals surface area contributed by atoms with Crippen molar-refractivity contribution in [2.45, 2.75) is 0 Å². The van der Waals surface area contributed by atoms with Crippen molar-refractivity contribution in [1.82, 2.24) is 5.32 Å². The predicted octanol–water partition coefficient (Wildman–Crippen LogP) is 0.738. The average molecular weight is 124 g/mol. The fourth-order valence-electron chi connectivity index (χ4n) is 0.271. The summed E-state index contributed by atoms with van der Waals surface area (Å²) in [6.45, 7) is 6.95. The summed E-state index contributed by atoms with van der Waals surface area (Å²) in [5, 5.41) is 2.41. The van der Waals surface area contributed by atoms with Crippen LogP contribution < -0.4 is 5.32 Å². The van der Waals surface area contributed by atoms with Crippen molar-refractivity contribution in [1.29, 1.82) is 0 Å². The van der Waals surface area contributed by atoms with Crippen LogP contribution in [0.15, 0.2) is 24.2 Å². The molecule has 0 spiro atoms. The Bertz CT molecular complexity index is 156. The lowest BCUT2D eigenvalue weighted by atomic mass is 10.6. The highest BCUT2D eigenvalue weighted by Crippen LogP contribution is 1.68. The summed E-state index contributed by atoms with van der Waals surface area (Å²) in [4.78, 5) is 13.6. The number of amides is 2. The SMILES string of the molecule is C=C=NC(=O)NCC=C. The Kier molecular flexibility index (Phi) is 4.09. The third-order valence-electron chi connectivity index (χ3n) is 0.578. The minimum Gasteiger partial charge on any atom is -0.332 e. The van der Waals surface area contributed by atoms with Crippen LogP contribution >= 0.6 is 0 Å². The molecule has 0 aliphatic rings. The van der Waals surface area contributed by atoms with Crippen LogP contribution in [-0.4, -0.2) is 18.4 Å². The van der Waals surface area contributed by atoms with Gasteiger partial charge in [-0.05, 0) is 12.4 Å². The molecular formula is C6H8N2O. The molecule has 9 heavy (non-hydrogen) atoms. The lowest BCUT2D eigenvalue weighted by Crippen LogP contribution is -2.18. The van der Waals surface area contributed by atoms with Crippen molar-refractivity contribution in [3.63, 3.8) is 0 Å². The van der Waals surface area contributed by atoms with E-state index in [0.29, 0.717) is 6.54 Å². The van der Waals surface area contributed by atoms with Crippen LogP contribution in [-0.2, 0) is 0 Å². The topological polar surface area (TPSA) is 41.5 Å². The van der Waals surface area contributed by atoms with E-state index >= 15 is 0 Å². The van der Waals surface area contributed by atoms with E-state index in [0.717, 1.165) is 0 Å². The molecule has 0 aromatic rings. The zero-order valence-corrected chi connectivity index (χ0v) is 5.05. The number of carbonyl (C=O) groups is 1. The summed E-state index contributed by atoms with van der Waals surface area (Å²) in [6.07, 6.45) is 1.57. The van der Waals surface area contributed by atoms with Gasteiger partial charge in [0, 0.05) is 6.54 Å². The van der Waals surface area contributed by atoms with Gasteiger partial charge in [0.2, 0.25) is 0 Å². The summed E-state index contributed by atoms with van der Waals surface area (Å²) in [5.74, 6) is 2.11. The van der Waals surface area contributed by atoms with Gasteiger partial charge in [-0.1, -0.05) is 6.08 Å². The number of nitrogens with one attached hydrogen (secondary N) is 1. The number of hydrogen-bond acceptors (Lipinski definition) is 1. The Morgan fingerprint density at radius 3 is 3.00 bits per heavy atom. The van der Waals surface area contributed by atoms with Gasteiger partial charge in [-0.3, -0.25) is 0 Å². The number of hydrogen-bond donors (Lipinski definition) is 1. The van der Waals surface area contributed by atoms with Crippen molar-refractivity contribution in [2.24, 2.45) is 4.99 Å². The van der Waals surface area contributed by atoms with Gasteiger partial charge in [-0.25, -0.2) is 4.79 Å². The third-order valence-corrected chi connectivity index (χ3v) is 0.578. The second-order valence-corrected chi connectivity index (χ2v) is 1.24. The summed E-state index contributed by atoms with van der Waals surface area (Å²) in [7, 11) is 0. The molecule has 3 nitrogen and oxygen atoms in total. The minimum atomic E-state index is -0.440. The third kappa shape index (κ3) is 4.51. The average Bonchev–Trinajstić information content (AvgIpc) is 1.85. The zero-order valence-electron chi connectivity index (χ0n) is 5.05. The molecule has 1 N–H and O–H groups in total. The molecule has 0 saturated heterocycles. The standard InChI is InChI=1S/C6H8N2O/c1-3-5-8-6(9)7-4-2/h3H,1-2,5H2,(H,8,9). The molecule has 0 atom stereocenters. The van der Waals surface area contributed by atoms with Crippen molar-refractivity contribution >= 4 is 11.9 Å². The highest BCUT2D eigenvalue weighted by atomic mass is 16.2. The fraction of sp³-hybridized carbons (Fsp3) is 0.167. The molecule has 0 heterocycles. The lowest BCUT2D eigenvalue weighted by molar-refractivity contribution is 0.250. The first-order valence-electron chi connectivity index (χ1n) is 2.42. The molecule has 0 bridgehead atoms. The van der Waals surface area contributed by atoms with E-state index in [-0.39, 0.29) is 0 Å². The molecule has 0 fully saturated rings. The number of aliphatic imine (C=N–C) groups is 1. The van der Waals surface area contributed by atoms with Crippen molar-refractivity contribution < 1.29 is 4.79 Å². The Labute approximate surface area is 53.8 Å². The van der Waals surface area contributed by atoms with Crippen LogP contribution in [0.2, 0.25) is 0 Å². The molecule has 48 valence electrons. The molecule has 0 aromatic heterocycles. The molecule has 0 aliphatic carbocycles. The summed E-state index contributed by atoms with van der Waals surface area (Å²) < 4.78 is 0. The molecule has 2 amide bonds. The van der Waals surface area contributed by atoms with Gasteiger partial charge in [0.1, 0.15) is 0 Å². The molecule has 3 heteroatoms. The van der Waals surface area contributed by atoms with Crippen LogP contribution in [0.25, 0.3) is 0 Å². The van der Waals surface area contributed by atoms with E-state index in [1.165, 1.54) is 0 Å². The summed E-state index contributed by atoms with van der Waals surface area (Å²) >= 11 is 0. The molecular weight excluding hydrogens is 116 g/mol. The normalized spacial score (nSPS) is 7.11. The van der Waals surface area contributed by atoms with Gasteiger partial charge in [0.25, 0.3) is 0 Å². The molecule has 0 aromatic carbocycles. The van der Waals surface area contributed by atoms with E-state index in [1.807, 2.05) is 0 Å². The first kappa shape index (κ1) is 7.66. The van der Waals surface area contributed by atoms with Crippen molar-refractivity contribution in [3.8, 4) is 0 Å². The molecule has 0 radical (unpaired) electrons. The van der Waals surface area contributed by atoms with Crippen LogP contribution in [0, 0.1) is 0 Å². The Morgan fingerprint density at radius 2 is 2.56 bits per heavy atom. The number of carbonyl (C=O) groups excluding carboxylic acids is 1. The Morgan fingerprint density at radius 1 is 1.89 bits per heavy atom. The first-order chi connectivity index (χ1) is 4.31. The van der Waals surface area contributed by atoms with Gasteiger partial charge < -0.3 is 5.32 Å². The van der Waals surface area contributed by atoms with Gasteiger partial charge in [-0.2, -0.15) is 0 Å². The highest BCUT2D eigenvalue weighted by Gasteiger charge is 1.88. The van der Waals surface area contributed by atoms with Gasteiger partial charge in [0.05, 0.1) is 0 Å². The van der Waals surface area contributed by atoms with Crippen LogP contribution in [0.3, 0.4) is 0 Å². The maximum atomic E-state index is 10.4. The Hall–Kier alpha value is -1.34. The summed E-state index contributed by atoms with van der Waals surface area (Å²) in [5.41, 5.74) is 0. The molecule has 0 rings (SSSR count). The number of urea groups is 1. The second-order valence-electron chi connectivity index (χ2n) is 1.24. The van der Waals surface area contributed by atoms with Crippen molar-refractivity contribution in [2.75, 3.05) is 6.54 Å². The van der Waals surface area contributed by atoms with E-state index in [9.17, 15) is 4.79 Å². The highest BCUT2D eigenvalue weighted by molar-refractivity contribution is 5.81. The van der Waals surface area contributed by atoms with E-state index in [1.54, 1.807) is 6.08 Å². The molecule has 0 aliphatic heterocycles. The molecule has 0 unspecified atom stereocenters. The smallest absolute Gasteiger partial charge is 0.332 e. The predicted molar refractivity (Wildman–Crippen MR) is 36.7 cm³/mol.